The van der Waals surface area contributed by atoms with Crippen LogP contribution >= 0.6 is 0 Å². The largest absolute Gasteiger partial charge is 0.400 e. The number of pyridine rings is 1. The van der Waals surface area contributed by atoms with Crippen LogP contribution in [0.15, 0.2) is 41.2 Å². The summed E-state index contributed by atoms with van der Waals surface area (Å²) in [6, 6.07) is 11.0. The minimum absolute atomic E-state index is 0.0521. The maximum absolute atomic E-state index is 10.8. The number of aromatic nitrogens is 1. The molecule has 0 amide bonds. The fourth-order valence-corrected chi connectivity index (χ4v) is 1.10. The highest BCUT2D eigenvalue weighted by atomic mass is 16.2. The molecule has 0 radical (unpaired) electrons. The monoisotopic (exact) mass is 177 g/mol. The number of aromatic amines is 1. The molecule has 0 fully saturated rings. The zero-order valence-corrected chi connectivity index (χ0v) is 7.32. The van der Waals surface area contributed by atoms with Gasteiger partial charge in [-0.2, -0.15) is 0 Å². The number of aliphatic hydroxyl groups is 1. The molecule has 3 nitrogen and oxygen atoms in total. The van der Waals surface area contributed by atoms with Gasteiger partial charge in [-0.25, -0.2) is 0 Å². The standard InChI is InChI=1S/C9H7NO.CH4O/c11-9-6-5-7-3-1-2-4-8(7)10-9;1-2/h1-6H,(H,10,11);2H,1H3. The summed E-state index contributed by atoms with van der Waals surface area (Å²) >= 11 is 0. The highest BCUT2D eigenvalue weighted by Gasteiger charge is 1.89. The molecule has 0 aliphatic carbocycles. The Morgan fingerprint density at radius 3 is 2.54 bits per heavy atom. The average molecular weight is 177 g/mol. The van der Waals surface area contributed by atoms with Crippen LogP contribution in [-0.4, -0.2) is 17.2 Å². The molecule has 2 rings (SSSR count). The number of benzene rings is 1. The van der Waals surface area contributed by atoms with Crippen LogP contribution in [0.3, 0.4) is 0 Å². The molecule has 0 aliphatic rings. The minimum Gasteiger partial charge on any atom is -0.400 e. The van der Waals surface area contributed by atoms with Gasteiger partial charge in [-0.05, 0) is 17.5 Å². The first-order valence-electron chi connectivity index (χ1n) is 3.89. The van der Waals surface area contributed by atoms with Gasteiger partial charge < -0.3 is 10.1 Å². The third kappa shape index (κ3) is 2.16. The van der Waals surface area contributed by atoms with E-state index >= 15 is 0 Å². The molecule has 1 heterocycles. The summed E-state index contributed by atoms with van der Waals surface area (Å²) in [4.78, 5) is 13.6. The molecule has 2 N–H and O–H groups in total. The van der Waals surface area contributed by atoms with Gasteiger partial charge in [0.25, 0.3) is 0 Å². The molecule has 13 heavy (non-hydrogen) atoms. The van der Waals surface area contributed by atoms with Gasteiger partial charge in [0.05, 0.1) is 0 Å². The number of hydrogen-bond acceptors (Lipinski definition) is 2. The van der Waals surface area contributed by atoms with Crippen molar-refractivity contribution in [1.29, 1.82) is 0 Å². The van der Waals surface area contributed by atoms with E-state index in [-0.39, 0.29) is 5.56 Å². The Balaban J connectivity index is 0.000000396. The topological polar surface area (TPSA) is 53.1 Å². The number of hydrogen-bond donors (Lipinski definition) is 2. The van der Waals surface area contributed by atoms with E-state index in [0.717, 1.165) is 18.0 Å². The Hall–Kier alpha value is -1.61. The smallest absolute Gasteiger partial charge is 0.248 e. The Morgan fingerprint density at radius 1 is 1.08 bits per heavy atom. The summed E-state index contributed by atoms with van der Waals surface area (Å²) in [6.45, 7) is 0. The lowest BCUT2D eigenvalue weighted by Gasteiger charge is -1.93. The van der Waals surface area contributed by atoms with Crippen molar-refractivity contribution in [2.24, 2.45) is 0 Å². The van der Waals surface area contributed by atoms with E-state index < -0.39 is 0 Å². The first-order valence-corrected chi connectivity index (χ1v) is 3.89. The quantitative estimate of drug-likeness (QED) is 0.634. The highest BCUT2D eigenvalue weighted by molar-refractivity contribution is 5.77. The van der Waals surface area contributed by atoms with Gasteiger partial charge >= 0.3 is 0 Å². The van der Waals surface area contributed by atoms with Crippen molar-refractivity contribution >= 4 is 10.9 Å². The molecule has 0 saturated carbocycles. The van der Waals surface area contributed by atoms with Gasteiger partial charge in [-0.1, -0.05) is 18.2 Å². The minimum atomic E-state index is -0.0521. The van der Waals surface area contributed by atoms with Crippen molar-refractivity contribution in [3.05, 3.63) is 46.8 Å². The van der Waals surface area contributed by atoms with E-state index in [4.69, 9.17) is 5.11 Å². The number of para-hydroxylation sites is 1. The van der Waals surface area contributed by atoms with E-state index in [1.54, 1.807) is 0 Å². The van der Waals surface area contributed by atoms with Crippen molar-refractivity contribution in [3.8, 4) is 0 Å². The molecule has 68 valence electrons. The SMILES string of the molecule is CO.O=c1ccc2ccccc2[nH]1. The molecule has 0 aliphatic heterocycles. The average Bonchev–Trinajstić information content (AvgIpc) is 2.21. The summed E-state index contributed by atoms with van der Waals surface area (Å²) in [5.74, 6) is 0. The fraction of sp³-hybridized carbons (Fsp3) is 0.100. The lowest BCUT2D eigenvalue weighted by atomic mass is 10.2. The molecule has 2 aromatic rings. The van der Waals surface area contributed by atoms with Crippen LogP contribution in [0.4, 0.5) is 0 Å². The molecule has 0 atom stereocenters. The fourth-order valence-electron chi connectivity index (χ4n) is 1.10. The zero-order chi connectivity index (χ0) is 9.68. The number of aliphatic hydroxyl groups excluding tert-OH is 1. The number of rotatable bonds is 0. The molecule has 0 unspecified atom stereocenters. The normalized spacial score (nSPS) is 9.08. The van der Waals surface area contributed by atoms with E-state index in [2.05, 4.69) is 4.98 Å². The first-order chi connectivity index (χ1) is 6.36. The predicted octanol–water partition coefficient (Wildman–Crippen LogP) is 1.14. The highest BCUT2D eigenvalue weighted by Crippen LogP contribution is 2.06. The second-order valence-corrected chi connectivity index (χ2v) is 2.41. The summed E-state index contributed by atoms with van der Waals surface area (Å²) in [6.07, 6.45) is 0. The second-order valence-electron chi connectivity index (χ2n) is 2.41. The van der Waals surface area contributed by atoms with E-state index in [0.29, 0.717) is 0 Å². The van der Waals surface area contributed by atoms with Crippen molar-refractivity contribution < 1.29 is 5.11 Å². The second kappa shape index (κ2) is 4.42. The maximum Gasteiger partial charge on any atom is 0.248 e. The zero-order valence-electron chi connectivity index (χ0n) is 7.32. The molecule has 0 saturated heterocycles. The maximum atomic E-state index is 10.8. The van der Waals surface area contributed by atoms with Gasteiger partial charge in [-0.15, -0.1) is 0 Å². The van der Waals surface area contributed by atoms with Crippen LogP contribution in [0.5, 0.6) is 0 Å². The molecular weight excluding hydrogens is 166 g/mol. The van der Waals surface area contributed by atoms with Gasteiger partial charge in [0.2, 0.25) is 5.56 Å². The Bertz CT molecular complexity index is 434. The van der Waals surface area contributed by atoms with Gasteiger partial charge in [0.1, 0.15) is 0 Å². The van der Waals surface area contributed by atoms with Crippen LogP contribution < -0.4 is 5.56 Å². The molecule has 1 aromatic heterocycles. The lowest BCUT2D eigenvalue weighted by molar-refractivity contribution is 0.399. The van der Waals surface area contributed by atoms with E-state index in [9.17, 15) is 4.79 Å². The van der Waals surface area contributed by atoms with Crippen LogP contribution in [0, 0.1) is 0 Å². The van der Waals surface area contributed by atoms with Gasteiger partial charge in [0.15, 0.2) is 0 Å². The van der Waals surface area contributed by atoms with Gasteiger partial charge in [-0.3, -0.25) is 4.79 Å². The molecular formula is C10H11NO2. The Labute approximate surface area is 75.7 Å². The molecule has 0 spiro atoms. The van der Waals surface area contributed by atoms with Crippen LogP contribution in [0.25, 0.3) is 10.9 Å². The third-order valence-corrected chi connectivity index (χ3v) is 1.63. The summed E-state index contributed by atoms with van der Waals surface area (Å²) in [5.41, 5.74) is 0.837. The third-order valence-electron chi connectivity index (χ3n) is 1.63. The number of nitrogens with one attached hydrogen (secondary N) is 1. The number of fused-ring (bicyclic) bond motifs is 1. The predicted molar refractivity (Wildman–Crippen MR) is 52.7 cm³/mol. The van der Waals surface area contributed by atoms with E-state index in [1.807, 2.05) is 30.3 Å². The van der Waals surface area contributed by atoms with Crippen molar-refractivity contribution in [3.63, 3.8) is 0 Å². The van der Waals surface area contributed by atoms with Crippen molar-refractivity contribution in [2.75, 3.05) is 7.11 Å². The lowest BCUT2D eigenvalue weighted by Crippen LogP contribution is -2.01. The van der Waals surface area contributed by atoms with Crippen molar-refractivity contribution in [1.82, 2.24) is 4.98 Å². The summed E-state index contributed by atoms with van der Waals surface area (Å²) in [5, 5.41) is 8.06. The van der Waals surface area contributed by atoms with Crippen LogP contribution in [0.1, 0.15) is 0 Å². The first kappa shape index (κ1) is 9.48. The molecule has 3 heteroatoms. The van der Waals surface area contributed by atoms with Crippen LogP contribution in [0.2, 0.25) is 0 Å². The van der Waals surface area contributed by atoms with Crippen LogP contribution in [-0.2, 0) is 0 Å². The molecule has 0 bridgehead atoms. The Morgan fingerprint density at radius 2 is 1.77 bits per heavy atom. The van der Waals surface area contributed by atoms with Crippen molar-refractivity contribution in [2.45, 2.75) is 0 Å². The van der Waals surface area contributed by atoms with Gasteiger partial charge in [0, 0.05) is 18.7 Å². The Kier molecular flexibility index (Phi) is 3.23. The summed E-state index contributed by atoms with van der Waals surface area (Å²) < 4.78 is 0. The molecule has 1 aromatic carbocycles. The number of H-pyrrole nitrogens is 1. The summed E-state index contributed by atoms with van der Waals surface area (Å²) in [7, 11) is 1.00. The van der Waals surface area contributed by atoms with E-state index in [1.165, 1.54) is 6.07 Å².